The van der Waals surface area contributed by atoms with Gasteiger partial charge in [0.2, 0.25) is 5.91 Å². The molecule has 1 aromatic carbocycles. The van der Waals surface area contributed by atoms with E-state index in [4.69, 9.17) is 0 Å². The number of benzene rings is 1. The second kappa shape index (κ2) is 7.57. The number of nitrogens with zero attached hydrogens (tertiary/aromatic N) is 2. The molecule has 6 heteroatoms. The van der Waals surface area contributed by atoms with E-state index in [-0.39, 0.29) is 18.3 Å². The number of carbonyl (C=O) groups excluding carboxylic acids is 1. The lowest BCUT2D eigenvalue weighted by molar-refractivity contribution is -0.122. The van der Waals surface area contributed by atoms with Crippen molar-refractivity contribution in [1.82, 2.24) is 14.9 Å². The zero-order valence-electron chi connectivity index (χ0n) is 14.3. The fourth-order valence-electron chi connectivity index (χ4n) is 2.50. The summed E-state index contributed by atoms with van der Waals surface area (Å²) < 4.78 is 14.9. The molecule has 1 atom stereocenters. The van der Waals surface area contributed by atoms with Gasteiger partial charge >= 0.3 is 0 Å². The van der Waals surface area contributed by atoms with Crippen LogP contribution >= 0.6 is 0 Å². The SMILES string of the molecule is CC(C)c1nccn1CCC(=O)NCC(C)(O)c1ccc(F)cc1. The molecule has 0 aliphatic heterocycles. The lowest BCUT2D eigenvalue weighted by Crippen LogP contribution is -2.38. The molecule has 0 fully saturated rings. The number of halogens is 1. The molecule has 1 heterocycles. The van der Waals surface area contributed by atoms with Crippen molar-refractivity contribution in [3.05, 3.63) is 53.9 Å². The molecule has 24 heavy (non-hydrogen) atoms. The van der Waals surface area contributed by atoms with Gasteiger partial charge in [0, 0.05) is 31.3 Å². The first kappa shape index (κ1) is 18.1. The Morgan fingerprint density at radius 2 is 2.04 bits per heavy atom. The monoisotopic (exact) mass is 333 g/mol. The van der Waals surface area contributed by atoms with Gasteiger partial charge in [0.25, 0.3) is 0 Å². The Hall–Kier alpha value is -2.21. The van der Waals surface area contributed by atoms with Gasteiger partial charge in [-0.25, -0.2) is 9.37 Å². The number of rotatable bonds is 7. The van der Waals surface area contributed by atoms with E-state index in [0.29, 0.717) is 24.4 Å². The third-order valence-corrected chi connectivity index (χ3v) is 3.94. The number of aryl methyl sites for hydroxylation is 1. The molecule has 130 valence electrons. The Kier molecular flexibility index (Phi) is 5.72. The first-order valence-corrected chi connectivity index (χ1v) is 8.06. The van der Waals surface area contributed by atoms with Crippen LogP contribution in [0.15, 0.2) is 36.7 Å². The predicted octanol–water partition coefficient (Wildman–Crippen LogP) is 2.56. The van der Waals surface area contributed by atoms with E-state index in [2.05, 4.69) is 24.1 Å². The largest absolute Gasteiger partial charge is 0.384 e. The molecule has 0 aliphatic carbocycles. The minimum absolute atomic E-state index is 0.0679. The summed E-state index contributed by atoms with van der Waals surface area (Å²) in [6, 6.07) is 5.61. The minimum atomic E-state index is -1.25. The molecule has 1 unspecified atom stereocenters. The van der Waals surface area contributed by atoms with Crippen molar-refractivity contribution >= 4 is 5.91 Å². The van der Waals surface area contributed by atoms with Crippen molar-refractivity contribution in [2.45, 2.75) is 45.3 Å². The molecule has 0 radical (unpaired) electrons. The smallest absolute Gasteiger partial charge is 0.221 e. The van der Waals surface area contributed by atoms with Crippen molar-refractivity contribution in [3.63, 3.8) is 0 Å². The van der Waals surface area contributed by atoms with Crippen molar-refractivity contribution in [3.8, 4) is 0 Å². The molecule has 1 aromatic heterocycles. The van der Waals surface area contributed by atoms with Crippen LogP contribution < -0.4 is 5.32 Å². The van der Waals surface area contributed by atoms with Crippen LogP contribution in [0, 0.1) is 5.82 Å². The van der Waals surface area contributed by atoms with E-state index in [1.54, 1.807) is 13.1 Å². The van der Waals surface area contributed by atoms with E-state index in [1.807, 2.05) is 10.8 Å². The summed E-state index contributed by atoms with van der Waals surface area (Å²) in [7, 11) is 0. The number of aromatic nitrogens is 2. The van der Waals surface area contributed by atoms with Gasteiger partial charge in [-0.2, -0.15) is 0 Å². The van der Waals surface area contributed by atoms with Crippen LogP contribution in [0.1, 0.15) is 44.5 Å². The van der Waals surface area contributed by atoms with Crippen LogP contribution in [0.5, 0.6) is 0 Å². The number of hydrogen-bond acceptors (Lipinski definition) is 3. The fraction of sp³-hybridized carbons (Fsp3) is 0.444. The molecule has 0 saturated heterocycles. The standard InChI is InChI=1S/C18H24FN3O2/c1-13(2)17-20-9-11-22(17)10-8-16(23)21-12-18(3,24)14-4-6-15(19)7-5-14/h4-7,9,11,13,24H,8,10,12H2,1-3H3,(H,21,23). The second-order valence-corrected chi connectivity index (χ2v) is 6.44. The second-order valence-electron chi connectivity index (χ2n) is 6.44. The van der Waals surface area contributed by atoms with Crippen LogP contribution in [-0.2, 0) is 16.9 Å². The van der Waals surface area contributed by atoms with Crippen molar-refractivity contribution in [1.29, 1.82) is 0 Å². The highest BCUT2D eigenvalue weighted by Gasteiger charge is 2.23. The van der Waals surface area contributed by atoms with Gasteiger partial charge in [0.1, 0.15) is 17.2 Å². The van der Waals surface area contributed by atoms with Gasteiger partial charge in [-0.3, -0.25) is 4.79 Å². The minimum Gasteiger partial charge on any atom is -0.384 e. The molecular weight excluding hydrogens is 309 g/mol. The molecule has 0 aliphatic rings. The molecule has 1 amide bonds. The molecule has 0 spiro atoms. The molecule has 5 nitrogen and oxygen atoms in total. The summed E-state index contributed by atoms with van der Waals surface area (Å²) in [5.41, 5.74) is -0.692. The molecule has 0 saturated carbocycles. The maximum Gasteiger partial charge on any atom is 0.221 e. The van der Waals surface area contributed by atoms with E-state index in [1.165, 1.54) is 24.3 Å². The van der Waals surface area contributed by atoms with Gasteiger partial charge in [0.05, 0.1) is 6.54 Å². The summed E-state index contributed by atoms with van der Waals surface area (Å²) in [6.07, 6.45) is 3.89. The van der Waals surface area contributed by atoms with E-state index >= 15 is 0 Å². The highest BCUT2D eigenvalue weighted by atomic mass is 19.1. The number of aliphatic hydroxyl groups is 1. The zero-order valence-corrected chi connectivity index (χ0v) is 14.3. The van der Waals surface area contributed by atoms with E-state index in [9.17, 15) is 14.3 Å². The summed E-state index contributed by atoms with van der Waals surface area (Å²) in [5.74, 6) is 0.726. The zero-order chi connectivity index (χ0) is 17.7. The maximum atomic E-state index is 13.0. The summed E-state index contributed by atoms with van der Waals surface area (Å²) >= 11 is 0. The van der Waals surface area contributed by atoms with Crippen LogP contribution in [0.3, 0.4) is 0 Å². The first-order valence-electron chi connectivity index (χ1n) is 8.06. The topological polar surface area (TPSA) is 67.2 Å². The Labute approximate surface area is 141 Å². The van der Waals surface area contributed by atoms with Gasteiger partial charge in [-0.15, -0.1) is 0 Å². The highest BCUT2D eigenvalue weighted by molar-refractivity contribution is 5.75. The number of carbonyl (C=O) groups is 1. The molecular formula is C18H24FN3O2. The molecule has 2 rings (SSSR count). The van der Waals surface area contributed by atoms with Crippen molar-refractivity contribution in [2.75, 3.05) is 6.54 Å². The summed E-state index contributed by atoms with van der Waals surface area (Å²) in [6.45, 7) is 6.31. The number of amides is 1. The third-order valence-electron chi connectivity index (χ3n) is 3.94. The fourth-order valence-corrected chi connectivity index (χ4v) is 2.50. The Morgan fingerprint density at radius 1 is 1.38 bits per heavy atom. The predicted molar refractivity (Wildman–Crippen MR) is 89.9 cm³/mol. The average Bonchev–Trinajstić information content (AvgIpc) is 3.00. The average molecular weight is 333 g/mol. The maximum absolute atomic E-state index is 13.0. The third kappa shape index (κ3) is 4.64. The lowest BCUT2D eigenvalue weighted by Gasteiger charge is -2.24. The van der Waals surface area contributed by atoms with Crippen LogP contribution in [0.2, 0.25) is 0 Å². The van der Waals surface area contributed by atoms with Gasteiger partial charge < -0.3 is 15.0 Å². The van der Waals surface area contributed by atoms with Gasteiger partial charge in [-0.1, -0.05) is 26.0 Å². The normalized spacial score (nSPS) is 13.8. The van der Waals surface area contributed by atoms with Crippen LogP contribution in [-0.4, -0.2) is 27.1 Å². The molecule has 2 aromatic rings. The Morgan fingerprint density at radius 3 is 2.67 bits per heavy atom. The lowest BCUT2D eigenvalue weighted by atomic mass is 9.96. The number of nitrogens with one attached hydrogen (secondary N) is 1. The van der Waals surface area contributed by atoms with Gasteiger partial charge in [-0.05, 0) is 24.6 Å². The molecule has 0 bridgehead atoms. The quantitative estimate of drug-likeness (QED) is 0.818. The summed E-state index contributed by atoms with van der Waals surface area (Å²) in [5, 5.41) is 13.2. The Bertz CT molecular complexity index is 678. The van der Waals surface area contributed by atoms with Crippen molar-refractivity contribution in [2.24, 2.45) is 0 Å². The van der Waals surface area contributed by atoms with Gasteiger partial charge in [0.15, 0.2) is 0 Å². The summed E-state index contributed by atoms with van der Waals surface area (Å²) in [4.78, 5) is 16.3. The number of imidazole rings is 1. The number of hydrogen-bond donors (Lipinski definition) is 2. The van der Waals surface area contributed by atoms with E-state index in [0.717, 1.165) is 5.82 Å². The highest BCUT2D eigenvalue weighted by Crippen LogP contribution is 2.20. The van der Waals surface area contributed by atoms with Crippen LogP contribution in [0.25, 0.3) is 0 Å². The first-order chi connectivity index (χ1) is 11.3. The van der Waals surface area contributed by atoms with Crippen LogP contribution in [0.4, 0.5) is 4.39 Å². The molecule has 2 N–H and O–H groups in total. The van der Waals surface area contributed by atoms with E-state index < -0.39 is 5.60 Å². The van der Waals surface area contributed by atoms with Crippen molar-refractivity contribution < 1.29 is 14.3 Å². The Balaban J connectivity index is 1.86.